The molecule has 1 aromatic carbocycles. The quantitative estimate of drug-likeness (QED) is 0.421. The average Bonchev–Trinajstić information content (AvgIpc) is 2.27. The van der Waals surface area contributed by atoms with Crippen molar-refractivity contribution >= 4 is 0 Å². The van der Waals surface area contributed by atoms with Crippen molar-refractivity contribution in [2.75, 3.05) is 7.11 Å². The summed E-state index contributed by atoms with van der Waals surface area (Å²) in [6.07, 6.45) is 1.64. The monoisotopic (exact) mass is 192 g/mol. The summed E-state index contributed by atoms with van der Waals surface area (Å²) >= 11 is 0. The summed E-state index contributed by atoms with van der Waals surface area (Å²) in [7, 11) is 1.66. The summed E-state index contributed by atoms with van der Waals surface area (Å²) in [5.41, 5.74) is 3.74. The Bertz CT molecular complexity index is 274. The highest BCUT2D eigenvalue weighted by Gasteiger charge is 2.18. The Morgan fingerprint density at radius 2 is 2.07 bits per heavy atom. The van der Waals surface area contributed by atoms with Crippen molar-refractivity contribution in [2.24, 2.45) is 5.84 Å². The number of hydrogen-bond acceptors (Lipinski definition) is 3. The molecule has 2 unspecified atom stereocenters. The Kier molecular flexibility index (Phi) is 4.32. The van der Waals surface area contributed by atoms with Crippen LogP contribution >= 0.6 is 0 Å². The van der Waals surface area contributed by atoms with E-state index < -0.39 is 0 Å². The maximum Gasteiger partial charge on any atom is 0.102 e. The summed E-state index contributed by atoms with van der Waals surface area (Å²) in [6.45, 7) is 3.70. The minimum atomic E-state index is -0.0984. The molecule has 1 aromatic rings. The van der Waals surface area contributed by atoms with Crippen molar-refractivity contribution in [3.8, 4) is 0 Å². The van der Waals surface area contributed by atoms with Gasteiger partial charge in [0.1, 0.15) is 6.10 Å². The Morgan fingerprint density at radius 1 is 1.43 bits per heavy atom. The van der Waals surface area contributed by atoms with E-state index in [2.05, 4.69) is 12.0 Å². The van der Waals surface area contributed by atoms with Crippen LogP contribution in [-0.2, 0) is 4.74 Å². The fourth-order valence-electron chi connectivity index (χ4n) is 1.41. The van der Waals surface area contributed by atoms with Crippen LogP contribution in [0.25, 0.3) is 0 Å². The fraction of sp³-hybridized carbons (Fsp3) is 0.273. The van der Waals surface area contributed by atoms with Gasteiger partial charge >= 0.3 is 0 Å². The molecule has 0 fully saturated rings. The predicted molar refractivity (Wildman–Crippen MR) is 57.5 cm³/mol. The molecule has 3 N–H and O–H groups in total. The molecule has 0 bridgehead atoms. The molecule has 2 atom stereocenters. The minimum Gasteiger partial charge on any atom is -0.375 e. The van der Waals surface area contributed by atoms with Crippen LogP contribution in [0.1, 0.15) is 11.7 Å². The van der Waals surface area contributed by atoms with Crippen LogP contribution in [0.4, 0.5) is 0 Å². The summed E-state index contributed by atoms with van der Waals surface area (Å²) in [6, 6.07) is 9.83. The van der Waals surface area contributed by atoms with Gasteiger partial charge in [0.15, 0.2) is 0 Å². The van der Waals surface area contributed by atoms with Gasteiger partial charge in [0, 0.05) is 7.11 Å². The molecule has 1 rings (SSSR count). The van der Waals surface area contributed by atoms with E-state index in [1.54, 1.807) is 13.2 Å². The van der Waals surface area contributed by atoms with Gasteiger partial charge in [0.05, 0.1) is 6.04 Å². The molecular weight excluding hydrogens is 176 g/mol. The summed E-state index contributed by atoms with van der Waals surface area (Å²) < 4.78 is 5.37. The van der Waals surface area contributed by atoms with E-state index >= 15 is 0 Å². The Morgan fingerprint density at radius 3 is 2.50 bits per heavy atom. The molecule has 0 saturated carbocycles. The Hall–Kier alpha value is -1.16. The highest BCUT2D eigenvalue weighted by molar-refractivity contribution is 5.20. The second-order valence-corrected chi connectivity index (χ2v) is 3.00. The van der Waals surface area contributed by atoms with E-state index in [0.29, 0.717) is 0 Å². The van der Waals surface area contributed by atoms with Gasteiger partial charge in [-0.1, -0.05) is 36.4 Å². The molecule has 0 aromatic heterocycles. The SMILES string of the molecule is C=CC(NN)C(OC)c1ccccc1. The molecule has 0 aliphatic heterocycles. The van der Waals surface area contributed by atoms with Crippen LogP contribution in [0.3, 0.4) is 0 Å². The van der Waals surface area contributed by atoms with Gasteiger partial charge in [0.25, 0.3) is 0 Å². The fourth-order valence-corrected chi connectivity index (χ4v) is 1.41. The zero-order valence-electron chi connectivity index (χ0n) is 8.31. The first kappa shape index (κ1) is 10.9. The normalized spacial score (nSPS) is 14.7. The second kappa shape index (κ2) is 5.54. The highest BCUT2D eigenvalue weighted by Crippen LogP contribution is 2.20. The van der Waals surface area contributed by atoms with Gasteiger partial charge in [0.2, 0.25) is 0 Å². The lowest BCUT2D eigenvalue weighted by molar-refractivity contribution is 0.0821. The lowest BCUT2D eigenvalue weighted by atomic mass is 10.0. The Labute approximate surface area is 84.5 Å². The first-order valence-electron chi connectivity index (χ1n) is 4.50. The molecule has 0 spiro atoms. The van der Waals surface area contributed by atoms with Crippen LogP contribution in [0.2, 0.25) is 0 Å². The lowest BCUT2D eigenvalue weighted by Crippen LogP contribution is -2.38. The van der Waals surface area contributed by atoms with E-state index in [0.717, 1.165) is 5.56 Å². The van der Waals surface area contributed by atoms with E-state index in [4.69, 9.17) is 10.6 Å². The van der Waals surface area contributed by atoms with Gasteiger partial charge in [-0.25, -0.2) is 0 Å². The maximum absolute atomic E-state index is 5.40. The second-order valence-electron chi connectivity index (χ2n) is 3.00. The number of ether oxygens (including phenoxy) is 1. The lowest BCUT2D eigenvalue weighted by Gasteiger charge is -2.22. The molecule has 0 heterocycles. The predicted octanol–water partition coefficient (Wildman–Crippen LogP) is 1.39. The number of hydrazine groups is 1. The van der Waals surface area contributed by atoms with Crippen molar-refractivity contribution in [2.45, 2.75) is 12.1 Å². The molecule has 0 saturated heterocycles. The zero-order valence-corrected chi connectivity index (χ0v) is 8.31. The number of nitrogens with two attached hydrogens (primary N) is 1. The molecule has 14 heavy (non-hydrogen) atoms. The number of hydrogen-bond donors (Lipinski definition) is 2. The average molecular weight is 192 g/mol. The van der Waals surface area contributed by atoms with E-state index in [1.165, 1.54) is 0 Å². The van der Waals surface area contributed by atoms with Crippen LogP contribution in [0.15, 0.2) is 43.0 Å². The first-order chi connectivity index (χ1) is 6.83. The molecular formula is C11H16N2O. The summed E-state index contributed by atoms with van der Waals surface area (Å²) in [5.74, 6) is 5.40. The van der Waals surface area contributed by atoms with E-state index in [9.17, 15) is 0 Å². The molecule has 0 amide bonds. The third kappa shape index (κ3) is 2.42. The summed E-state index contributed by atoms with van der Waals surface area (Å²) in [5, 5.41) is 0. The van der Waals surface area contributed by atoms with Crippen LogP contribution < -0.4 is 11.3 Å². The van der Waals surface area contributed by atoms with Gasteiger partial charge in [-0.15, -0.1) is 6.58 Å². The molecule has 0 radical (unpaired) electrons. The minimum absolute atomic E-state index is 0.0811. The first-order valence-corrected chi connectivity index (χ1v) is 4.50. The van der Waals surface area contributed by atoms with Gasteiger partial charge in [-0.3, -0.25) is 11.3 Å². The van der Waals surface area contributed by atoms with Gasteiger partial charge in [-0.2, -0.15) is 0 Å². The molecule has 0 aliphatic rings. The number of benzene rings is 1. The van der Waals surface area contributed by atoms with Gasteiger partial charge < -0.3 is 4.74 Å². The van der Waals surface area contributed by atoms with Crippen LogP contribution in [-0.4, -0.2) is 13.2 Å². The summed E-state index contributed by atoms with van der Waals surface area (Å²) in [4.78, 5) is 0. The standard InChI is InChI=1S/C11H16N2O/c1-3-10(13-12)11(14-2)9-7-5-4-6-8-9/h3-8,10-11,13H,1,12H2,2H3. The van der Waals surface area contributed by atoms with Crippen molar-refractivity contribution in [3.63, 3.8) is 0 Å². The van der Waals surface area contributed by atoms with Gasteiger partial charge in [-0.05, 0) is 5.56 Å². The number of nitrogens with one attached hydrogen (secondary N) is 1. The molecule has 3 heteroatoms. The van der Waals surface area contributed by atoms with Crippen LogP contribution in [0, 0.1) is 0 Å². The van der Waals surface area contributed by atoms with Crippen LogP contribution in [0.5, 0.6) is 0 Å². The topological polar surface area (TPSA) is 47.3 Å². The smallest absolute Gasteiger partial charge is 0.102 e. The van der Waals surface area contributed by atoms with Crippen molar-refractivity contribution in [1.29, 1.82) is 0 Å². The molecule has 0 aliphatic carbocycles. The van der Waals surface area contributed by atoms with Crippen molar-refractivity contribution < 1.29 is 4.74 Å². The van der Waals surface area contributed by atoms with Crippen molar-refractivity contribution in [3.05, 3.63) is 48.6 Å². The highest BCUT2D eigenvalue weighted by atomic mass is 16.5. The largest absolute Gasteiger partial charge is 0.375 e. The third-order valence-electron chi connectivity index (χ3n) is 2.15. The Balaban J connectivity index is 2.86. The maximum atomic E-state index is 5.40. The van der Waals surface area contributed by atoms with Crippen molar-refractivity contribution in [1.82, 2.24) is 5.43 Å². The number of methoxy groups -OCH3 is 1. The molecule has 3 nitrogen and oxygen atoms in total. The zero-order chi connectivity index (χ0) is 10.4. The van der Waals surface area contributed by atoms with E-state index in [1.807, 2.05) is 30.3 Å². The third-order valence-corrected chi connectivity index (χ3v) is 2.15. The number of rotatable bonds is 5. The molecule has 76 valence electrons. The van der Waals surface area contributed by atoms with E-state index in [-0.39, 0.29) is 12.1 Å².